The van der Waals surface area contributed by atoms with Crippen LogP contribution in [0.2, 0.25) is 0 Å². The maximum absolute atomic E-state index is 11.5. The fraction of sp³-hybridized carbons (Fsp3) is 0.647. The Bertz CT molecular complexity index is 618. The minimum absolute atomic E-state index is 0.294. The number of piperazine rings is 1. The van der Waals surface area contributed by atoms with Crippen LogP contribution >= 0.6 is 0 Å². The summed E-state index contributed by atoms with van der Waals surface area (Å²) in [5.41, 5.74) is 0.776. The maximum atomic E-state index is 11.5. The van der Waals surface area contributed by atoms with Gasteiger partial charge in [0.25, 0.3) is 0 Å². The SMILES string of the molecule is CS(=O)(=O)c1ccc(C(O)CN2CCN(CC3CC3)CC2)cc1. The molecule has 1 aromatic carbocycles. The molecule has 1 aliphatic heterocycles. The summed E-state index contributed by atoms with van der Waals surface area (Å²) < 4.78 is 22.9. The lowest BCUT2D eigenvalue weighted by atomic mass is 10.1. The van der Waals surface area contributed by atoms with Gasteiger partial charge in [0.2, 0.25) is 0 Å². The first-order valence-electron chi connectivity index (χ1n) is 8.34. The number of sulfone groups is 1. The zero-order valence-corrected chi connectivity index (χ0v) is 14.5. The van der Waals surface area contributed by atoms with Gasteiger partial charge in [-0.15, -0.1) is 0 Å². The zero-order chi connectivity index (χ0) is 16.4. The van der Waals surface area contributed by atoms with Crippen LogP contribution in [0.15, 0.2) is 29.2 Å². The Hall–Kier alpha value is -0.950. The van der Waals surface area contributed by atoms with E-state index in [9.17, 15) is 13.5 Å². The van der Waals surface area contributed by atoms with Crippen LogP contribution in [-0.2, 0) is 9.84 Å². The van der Waals surface area contributed by atoms with Crippen molar-refractivity contribution in [2.45, 2.75) is 23.8 Å². The summed E-state index contributed by atoms with van der Waals surface area (Å²) in [6.07, 6.45) is 3.41. The second-order valence-corrected chi connectivity index (χ2v) is 8.92. The highest BCUT2D eigenvalue weighted by atomic mass is 32.2. The monoisotopic (exact) mass is 338 g/mol. The Morgan fingerprint density at radius 2 is 1.65 bits per heavy atom. The summed E-state index contributed by atoms with van der Waals surface area (Å²) in [6, 6.07) is 6.57. The van der Waals surface area contributed by atoms with Gasteiger partial charge < -0.3 is 10.0 Å². The van der Waals surface area contributed by atoms with Crippen molar-refractivity contribution in [2.24, 2.45) is 5.92 Å². The lowest BCUT2D eigenvalue weighted by Crippen LogP contribution is -2.47. The topological polar surface area (TPSA) is 60.9 Å². The molecule has 1 unspecified atom stereocenters. The van der Waals surface area contributed by atoms with Gasteiger partial charge in [0.1, 0.15) is 0 Å². The molecule has 0 aromatic heterocycles. The van der Waals surface area contributed by atoms with Crippen LogP contribution in [0, 0.1) is 5.92 Å². The number of hydrogen-bond donors (Lipinski definition) is 1. The fourth-order valence-corrected chi connectivity index (χ4v) is 3.74. The van der Waals surface area contributed by atoms with Crippen LogP contribution in [0.3, 0.4) is 0 Å². The maximum Gasteiger partial charge on any atom is 0.175 e. The molecule has 128 valence electrons. The number of aliphatic hydroxyl groups is 1. The molecular formula is C17H26N2O3S. The first kappa shape index (κ1) is 16.9. The molecule has 23 heavy (non-hydrogen) atoms. The molecule has 1 aliphatic carbocycles. The van der Waals surface area contributed by atoms with E-state index in [1.165, 1.54) is 25.6 Å². The summed E-state index contributed by atoms with van der Waals surface area (Å²) in [5.74, 6) is 0.931. The third-order valence-electron chi connectivity index (χ3n) is 4.80. The predicted molar refractivity (Wildman–Crippen MR) is 90.1 cm³/mol. The molecule has 2 fully saturated rings. The van der Waals surface area contributed by atoms with Gasteiger partial charge in [-0.3, -0.25) is 4.90 Å². The van der Waals surface area contributed by atoms with Crippen LogP contribution in [-0.4, -0.2) is 68.8 Å². The summed E-state index contributed by atoms with van der Waals surface area (Å²) in [5, 5.41) is 10.4. The van der Waals surface area contributed by atoms with Crippen molar-refractivity contribution >= 4 is 9.84 Å². The largest absolute Gasteiger partial charge is 0.387 e. The highest BCUT2D eigenvalue weighted by Crippen LogP contribution is 2.30. The third-order valence-corrected chi connectivity index (χ3v) is 5.93. The Morgan fingerprint density at radius 3 is 2.17 bits per heavy atom. The van der Waals surface area contributed by atoms with Crippen LogP contribution in [0.5, 0.6) is 0 Å². The summed E-state index contributed by atoms with van der Waals surface area (Å²) in [4.78, 5) is 5.11. The van der Waals surface area contributed by atoms with Gasteiger partial charge in [-0.05, 0) is 36.5 Å². The Labute approximate surface area is 138 Å². The molecule has 3 rings (SSSR count). The number of aliphatic hydroxyl groups excluding tert-OH is 1. The molecule has 1 saturated carbocycles. The molecular weight excluding hydrogens is 312 g/mol. The Balaban J connectivity index is 1.50. The Kier molecular flexibility index (Phi) is 5.06. The van der Waals surface area contributed by atoms with Crippen molar-refractivity contribution in [3.63, 3.8) is 0 Å². The number of β-amino-alcohol motifs (C(OH)–C–C–N with tert-alkyl or cyclic N) is 1. The molecule has 0 amide bonds. The van der Waals surface area contributed by atoms with Crippen molar-refractivity contribution < 1.29 is 13.5 Å². The summed E-state index contributed by atoms with van der Waals surface area (Å²) >= 11 is 0. The predicted octanol–water partition coefficient (Wildman–Crippen LogP) is 1.15. The van der Waals surface area contributed by atoms with Gasteiger partial charge >= 0.3 is 0 Å². The zero-order valence-electron chi connectivity index (χ0n) is 13.7. The lowest BCUT2D eigenvalue weighted by molar-refractivity contribution is 0.0710. The number of nitrogens with zero attached hydrogens (tertiary/aromatic N) is 2. The lowest BCUT2D eigenvalue weighted by Gasteiger charge is -2.35. The third kappa shape index (κ3) is 4.76. The fourth-order valence-electron chi connectivity index (χ4n) is 3.11. The highest BCUT2D eigenvalue weighted by molar-refractivity contribution is 7.90. The quantitative estimate of drug-likeness (QED) is 0.843. The highest BCUT2D eigenvalue weighted by Gasteiger charge is 2.27. The second-order valence-electron chi connectivity index (χ2n) is 6.90. The standard InChI is InChI=1S/C17H26N2O3S/c1-23(21,22)16-6-4-15(5-7-16)17(20)13-19-10-8-18(9-11-19)12-14-2-3-14/h4-7,14,17,20H,2-3,8-13H2,1H3. The van der Waals surface area contributed by atoms with Gasteiger partial charge in [-0.25, -0.2) is 8.42 Å². The average Bonchev–Trinajstić information content (AvgIpc) is 3.32. The van der Waals surface area contributed by atoms with E-state index >= 15 is 0 Å². The molecule has 6 heteroatoms. The van der Waals surface area contributed by atoms with Crippen LogP contribution in [0.25, 0.3) is 0 Å². The van der Waals surface area contributed by atoms with Crippen LogP contribution in [0.4, 0.5) is 0 Å². The Morgan fingerprint density at radius 1 is 1.09 bits per heavy atom. The van der Waals surface area contributed by atoms with Gasteiger partial charge in [-0.1, -0.05) is 12.1 Å². The minimum atomic E-state index is -3.18. The first-order valence-corrected chi connectivity index (χ1v) is 10.2. The smallest absolute Gasteiger partial charge is 0.175 e. The number of rotatable bonds is 6. The first-order chi connectivity index (χ1) is 10.9. The average molecular weight is 338 g/mol. The van der Waals surface area contributed by atoms with E-state index in [4.69, 9.17) is 0 Å². The molecule has 1 saturated heterocycles. The van der Waals surface area contributed by atoms with Crippen molar-refractivity contribution in [1.82, 2.24) is 9.80 Å². The van der Waals surface area contributed by atoms with Gasteiger partial charge in [0.05, 0.1) is 11.0 Å². The van der Waals surface area contributed by atoms with Crippen molar-refractivity contribution in [2.75, 3.05) is 45.5 Å². The van der Waals surface area contributed by atoms with E-state index in [1.807, 2.05) is 0 Å². The van der Waals surface area contributed by atoms with Crippen molar-refractivity contribution in [3.8, 4) is 0 Å². The van der Waals surface area contributed by atoms with Crippen LogP contribution in [0.1, 0.15) is 24.5 Å². The van der Waals surface area contributed by atoms with Crippen LogP contribution < -0.4 is 0 Å². The van der Waals surface area contributed by atoms with E-state index in [1.54, 1.807) is 24.3 Å². The van der Waals surface area contributed by atoms with E-state index in [0.29, 0.717) is 11.4 Å². The molecule has 0 radical (unpaired) electrons. The molecule has 2 aliphatic rings. The molecule has 5 nitrogen and oxygen atoms in total. The minimum Gasteiger partial charge on any atom is -0.387 e. The molecule has 0 spiro atoms. The van der Waals surface area contributed by atoms with Crippen molar-refractivity contribution in [1.29, 1.82) is 0 Å². The number of benzene rings is 1. The van der Waals surface area contributed by atoms with Gasteiger partial charge in [0.15, 0.2) is 9.84 Å². The van der Waals surface area contributed by atoms with Gasteiger partial charge in [-0.2, -0.15) is 0 Å². The van der Waals surface area contributed by atoms with E-state index in [2.05, 4.69) is 9.80 Å². The molecule has 0 bridgehead atoms. The van der Waals surface area contributed by atoms with E-state index < -0.39 is 15.9 Å². The van der Waals surface area contributed by atoms with E-state index in [-0.39, 0.29) is 0 Å². The molecule has 1 aromatic rings. The molecule has 1 heterocycles. The molecule has 1 N–H and O–H groups in total. The second kappa shape index (κ2) is 6.89. The molecule has 1 atom stereocenters. The van der Waals surface area contributed by atoms with Gasteiger partial charge in [0, 0.05) is 45.5 Å². The number of hydrogen-bond acceptors (Lipinski definition) is 5. The van der Waals surface area contributed by atoms with Crippen molar-refractivity contribution in [3.05, 3.63) is 29.8 Å². The van der Waals surface area contributed by atoms with E-state index in [0.717, 1.165) is 37.7 Å². The normalized spacial score (nSPS) is 22.2. The summed E-state index contributed by atoms with van der Waals surface area (Å²) in [7, 11) is -3.18. The summed E-state index contributed by atoms with van der Waals surface area (Å²) in [6.45, 7) is 5.99.